The van der Waals surface area contributed by atoms with Gasteiger partial charge in [-0.1, -0.05) is 35.9 Å². The first kappa shape index (κ1) is 19.5. The Balaban J connectivity index is 1.75. The maximum atomic E-state index is 13.7. The number of pyridine rings is 1. The molecule has 0 saturated carbocycles. The zero-order valence-corrected chi connectivity index (χ0v) is 15.8. The molecule has 0 radical (unpaired) electrons. The Bertz CT molecular complexity index is 1000. The van der Waals surface area contributed by atoms with E-state index in [1.807, 2.05) is 24.3 Å². The number of amides is 1. The zero-order valence-electron chi connectivity index (χ0n) is 15.1. The Hall–Kier alpha value is -3.25. The predicted molar refractivity (Wildman–Crippen MR) is 110 cm³/mol. The highest BCUT2D eigenvalue weighted by Crippen LogP contribution is 2.20. The van der Waals surface area contributed by atoms with Crippen LogP contribution in [0.5, 0.6) is 0 Å². The minimum Gasteiger partial charge on any atom is -0.380 e. The molecule has 0 aliphatic heterocycles. The molecule has 28 heavy (non-hydrogen) atoms. The topological polar surface area (TPSA) is 77.9 Å². The first-order valence-electron chi connectivity index (χ1n) is 8.53. The van der Waals surface area contributed by atoms with Crippen LogP contribution in [-0.4, -0.2) is 16.6 Å². The van der Waals surface area contributed by atoms with Crippen LogP contribution < -0.4 is 10.6 Å². The molecule has 3 aromatic rings. The quantitative estimate of drug-likeness (QED) is 0.505. The number of rotatable bonds is 6. The van der Waals surface area contributed by atoms with Crippen molar-refractivity contribution in [3.8, 4) is 0 Å². The number of carbonyl (C=O) groups excluding carboxylic acids is 1. The SMILES string of the molecule is CC(=N)c1ccc(CNc2ccc(F)cc2C(=O)Nc2ccc(Cl)cn2)cc1. The fourth-order valence-electron chi connectivity index (χ4n) is 2.56. The van der Waals surface area contributed by atoms with Crippen molar-refractivity contribution < 1.29 is 9.18 Å². The van der Waals surface area contributed by atoms with Crippen molar-refractivity contribution in [2.75, 3.05) is 10.6 Å². The van der Waals surface area contributed by atoms with Crippen molar-refractivity contribution in [3.05, 3.63) is 88.3 Å². The van der Waals surface area contributed by atoms with Gasteiger partial charge < -0.3 is 16.0 Å². The molecule has 1 aromatic heterocycles. The van der Waals surface area contributed by atoms with E-state index in [-0.39, 0.29) is 5.56 Å². The van der Waals surface area contributed by atoms with Crippen LogP contribution in [0, 0.1) is 11.2 Å². The Morgan fingerprint density at radius 3 is 2.54 bits per heavy atom. The minimum absolute atomic E-state index is 0.170. The molecular weight excluding hydrogens is 379 g/mol. The van der Waals surface area contributed by atoms with Crippen LogP contribution in [0.2, 0.25) is 5.02 Å². The third-order valence-electron chi connectivity index (χ3n) is 4.07. The molecule has 7 heteroatoms. The minimum atomic E-state index is -0.509. The Morgan fingerprint density at radius 2 is 1.89 bits per heavy atom. The van der Waals surface area contributed by atoms with Crippen molar-refractivity contribution in [1.29, 1.82) is 5.41 Å². The van der Waals surface area contributed by atoms with E-state index in [2.05, 4.69) is 15.6 Å². The summed E-state index contributed by atoms with van der Waals surface area (Å²) in [5.41, 5.74) is 2.98. The average molecular weight is 397 g/mol. The number of carbonyl (C=O) groups is 1. The summed E-state index contributed by atoms with van der Waals surface area (Å²) >= 11 is 5.79. The molecule has 0 spiro atoms. The molecular formula is C21H18ClFN4O. The van der Waals surface area contributed by atoms with E-state index in [4.69, 9.17) is 17.0 Å². The van der Waals surface area contributed by atoms with Crippen LogP contribution in [0.3, 0.4) is 0 Å². The summed E-state index contributed by atoms with van der Waals surface area (Å²) in [5.74, 6) is -0.667. The van der Waals surface area contributed by atoms with Gasteiger partial charge >= 0.3 is 0 Å². The average Bonchev–Trinajstić information content (AvgIpc) is 2.69. The van der Waals surface area contributed by atoms with Crippen LogP contribution in [0.25, 0.3) is 0 Å². The van der Waals surface area contributed by atoms with E-state index >= 15 is 0 Å². The monoisotopic (exact) mass is 396 g/mol. The van der Waals surface area contributed by atoms with Crippen LogP contribution in [-0.2, 0) is 6.54 Å². The van der Waals surface area contributed by atoms with Gasteiger partial charge in [-0.2, -0.15) is 0 Å². The van der Waals surface area contributed by atoms with Gasteiger partial charge in [0.1, 0.15) is 11.6 Å². The van der Waals surface area contributed by atoms with Gasteiger partial charge in [0, 0.05) is 24.1 Å². The lowest BCUT2D eigenvalue weighted by molar-refractivity contribution is 0.102. The van der Waals surface area contributed by atoms with Gasteiger partial charge in [-0.3, -0.25) is 4.79 Å². The molecule has 0 bridgehead atoms. The third kappa shape index (κ3) is 4.92. The largest absolute Gasteiger partial charge is 0.380 e. The summed E-state index contributed by atoms with van der Waals surface area (Å²) in [5, 5.41) is 13.9. The lowest BCUT2D eigenvalue weighted by Crippen LogP contribution is -2.16. The molecule has 1 amide bonds. The number of anilines is 2. The maximum absolute atomic E-state index is 13.7. The van der Waals surface area contributed by atoms with E-state index in [1.54, 1.807) is 19.1 Å². The zero-order chi connectivity index (χ0) is 20.1. The number of hydrogen-bond acceptors (Lipinski definition) is 4. The standard InChI is InChI=1S/C21H18ClFN4O/c1-13(24)15-4-2-14(3-5-15)11-25-19-8-7-17(23)10-18(19)21(28)27-20-9-6-16(22)12-26-20/h2-10,12,24-25H,11H2,1H3,(H,26,27,28). The number of nitrogens with zero attached hydrogens (tertiary/aromatic N) is 1. The summed E-state index contributed by atoms with van der Waals surface area (Å²) in [6, 6.07) is 14.7. The predicted octanol–water partition coefficient (Wildman–Crippen LogP) is 5.13. The first-order valence-corrected chi connectivity index (χ1v) is 8.91. The highest BCUT2D eigenvalue weighted by atomic mass is 35.5. The number of halogens is 2. The lowest BCUT2D eigenvalue weighted by Gasteiger charge is -2.13. The van der Waals surface area contributed by atoms with E-state index in [0.717, 1.165) is 11.1 Å². The molecule has 142 valence electrons. The molecule has 0 unspecified atom stereocenters. The molecule has 0 aliphatic carbocycles. The fraction of sp³-hybridized carbons (Fsp3) is 0.0952. The van der Waals surface area contributed by atoms with E-state index in [1.165, 1.54) is 24.4 Å². The smallest absolute Gasteiger partial charge is 0.259 e. The number of nitrogens with one attached hydrogen (secondary N) is 3. The van der Waals surface area contributed by atoms with Crippen molar-refractivity contribution >= 4 is 34.7 Å². The Kier molecular flexibility index (Phi) is 6.01. The summed E-state index contributed by atoms with van der Waals surface area (Å²) in [6.45, 7) is 2.18. The molecule has 2 aromatic carbocycles. The summed E-state index contributed by atoms with van der Waals surface area (Å²) < 4.78 is 13.7. The van der Waals surface area contributed by atoms with Crippen LogP contribution >= 0.6 is 11.6 Å². The molecule has 5 nitrogen and oxygen atoms in total. The third-order valence-corrected chi connectivity index (χ3v) is 4.29. The van der Waals surface area contributed by atoms with E-state index < -0.39 is 11.7 Å². The van der Waals surface area contributed by atoms with Crippen molar-refractivity contribution in [2.45, 2.75) is 13.5 Å². The van der Waals surface area contributed by atoms with E-state index in [9.17, 15) is 9.18 Å². The molecule has 0 aliphatic rings. The lowest BCUT2D eigenvalue weighted by atomic mass is 10.1. The Labute approximate surface area is 167 Å². The second-order valence-electron chi connectivity index (χ2n) is 6.18. The normalized spacial score (nSPS) is 10.4. The maximum Gasteiger partial charge on any atom is 0.259 e. The second-order valence-corrected chi connectivity index (χ2v) is 6.62. The van der Waals surface area contributed by atoms with Crippen molar-refractivity contribution in [3.63, 3.8) is 0 Å². The van der Waals surface area contributed by atoms with Gasteiger partial charge in [0.2, 0.25) is 0 Å². The van der Waals surface area contributed by atoms with Gasteiger partial charge in [-0.15, -0.1) is 0 Å². The summed E-state index contributed by atoms with van der Waals surface area (Å²) in [6.07, 6.45) is 1.42. The van der Waals surface area contributed by atoms with E-state index in [0.29, 0.717) is 28.8 Å². The summed E-state index contributed by atoms with van der Waals surface area (Å²) in [7, 11) is 0. The van der Waals surface area contributed by atoms with Gasteiger partial charge in [-0.25, -0.2) is 9.37 Å². The molecule has 1 heterocycles. The second kappa shape index (κ2) is 8.63. The number of benzene rings is 2. The number of aromatic nitrogens is 1. The highest BCUT2D eigenvalue weighted by molar-refractivity contribution is 6.30. The van der Waals surface area contributed by atoms with Crippen LogP contribution in [0.15, 0.2) is 60.8 Å². The number of hydrogen-bond donors (Lipinski definition) is 3. The molecule has 0 fully saturated rings. The van der Waals surface area contributed by atoms with Gasteiger partial charge in [0.25, 0.3) is 5.91 Å². The van der Waals surface area contributed by atoms with Gasteiger partial charge in [-0.05, 0) is 48.4 Å². The highest BCUT2D eigenvalue weighted by Gasteiger charge is 2.14. The van der Waals surface area contributed by atoms with Crippen molar-refractivity contribution in [2.24, 2.45) is 0 Å². The first-order chi connectivity index (χ1) is 13.4. The Morgan fingerprint density at radius 1 is 1.14 bits per heavy atom. The van der Waals surface area contributed by atoms with Crippen LogP contribution in [0.1, 0.15) is 28.4 Å². The fourth-order valence-corrected chi connectivity index (χ4v) is 2.67. The van der Waals surface area contributed by atoms with Crippen molar-refractivity contribution in [1.82, 2.24) is 4.98 Å². The van der Waals surface area contributed by atoms with Gasteiger partial charge in [0.05, 0.1) is 10.6 Å². The van der Waals surface area contributed by atoms with Crippen LogP contribution in [0.4, 0.5) is 15.9 Å². The molecule has 3 N–H and O–H groups in total. The summed E-state index contributed by atoms with van der Waals surface area (Å²) in [4.78, 5) is 16.6. The molecule has 0 atom stereocenters. The molecule has 3 rings (SSSR count). The molecule has 0 saturated heterocycles. The van der Waals surface area contributed by atoms with Gasteiger partial charge in [0.15, 0.2) is 0 Å².